The molecule has 1 aromatic heterocycles. The quantitative estimate of drug-likeness (QED) is 0.0585. The average Bonchev–Trinajstić information content (AvgIpc) is 3.65. The molecule has 49 heavy (non-hydrogen) atoms. The van der Waals surface area contributed by atoms with Gasteiger partial charge in [0.15, 0.2) is 28.1 Å². The first-order valence-corrected chi connectivity index (χ1v) is 17.4. The van der Waals surface area contributed by atoms with Crippen molar-refractivity contribution in [1.82, 2.24) is 15.2 Å². The predicted octanol–water partition coefficient (Wildman–Crippen LogP) is 0.519. The van der Waals surface area contributed by atoms with Crippen LogP contribution in [0.3, 0.4) is 0 Å². The van der Waals surface area contributed by atoms with Crippen molar-refractivity contribution in [2.24, 2.45) is 11.1 Å². The molecule has 3 aliphatic rings. The summed E-state index contributed by atoms with van der Waals surface area (Å²) in [5, 5.41) is 46.8. The summed E-state index contributed by atoms with van der Waals surface area (Å²) < 4.78 is 0.490. The minimum absolute atomic E-state index is 0.00905. The number of phenols is 2. The number of phenolic OH excluding ortho intramolecular Hbond substituents is 2. The number of fused-ring (bicyclic) bond motifs is 1. The van der Waals surface area contributed by atoms with E-state index in [2.05, 4.69) is 15.5 Å². The number of halogens is 1. The molecule has 3 atom stereocenters. The summed E-state index contributed by atoms with van der Waals surface area (Å²) >= 11 is 8.38. The summed E-state index contributed by atoms with van der Waals surface area (Å²) in [7, 11) is 0. The van der Waals surface area contributed by atoms with Crippen molar-refractivity contribution in [2.45, 2.75) is 37.7 Å². The Morgan fingerprint density at radius 2 is 1.96 bits per heavy atom. The van der Waals surface area contributed by atoms with E-state index in [4.69, 9.17) is 27.3 Å². The number of carbonyl (C=O) groups is 5. The number of hydrogen-bond acceptors (Lipinski definition) is 14. The minimum atomic E-state index is -1.51. The average molecular weight is 737 g/mol. The highest BCUT2D eigenvalue weighted by atomic mass is 35.5. The minimum Gasteiger partial charge on any atom is -0.543 e. The lowest BCUT2D eigenvalue weighted by molar-refractivity contribution is -0.911. The monoisotopic (exact) mass is 736 g/mol. The number of thioether (sulfide) groups is 1. The lowest BCUT2D eigenvalue weighted by Gasteiger charge is -2.51. The third-order valence-corrected chi connectivity index (χ3v) is 11.1. The summed E-state index contributed by atoms with van der Waals surface area (Å²) in [4.78, 5) is 73.4. The number of oxime groups is 1. The van der Waals surface area contributed by atoms with Gasteiger partial charge in [0.25, 0.3) is 5.91 Å². The summed E-state index contributed by atoms with van der Waals surface area (Å²) in [6.45, 7) is 3.71. The van der Waals surface area contributed by atoms with Gasteiger partial charge < -0.3 is 45.6 Å². The third-order valence-electron chi connectivity index (χ3n) is 8.65. The van der Waals surface area contributed by atoms with Crippen molar-refractivity contribution in [3.63, 3.8) is 0 Å². The molecule has 0 bridgehead atoms. The van der Waals surface area contributed by atoms with Crippen molar-refractivity contribution in [3.05, 3.63) is 45.1 Å². The van der Waals surface area contributed by atoms with E-state index < -0.39 is 64.8 Å². The van der Waals surface area contributed by atoms with E-state index in [1.54, 1.807) is 0 Å². The van der Waals surface area contributed by atoms with E-state index in [0.717, 1.165) is 48.2 Å². The molecule has 4 heterocycles. The Hall–Kier alpha value is -4.39. The normalized spacial score (nSPS) is 20.7. The topological polar surface area (TPSA) is 245 Å². The number of anilines is 1. The SMILES string of the molecule is C[C@H](O/N=C(/C(=O)C[C@@H]1C(=O)N2C(C(=O)[O-])=C(C[N+]3(CCNC(=O)c4ccc(O)c(O)c4)CCCC3)CS[C@H]12)c1nc(N)sc1Cl)C(=O)O. The fraction of sp³-hybridized carbons (Fsp3) is 0.433. The number of hydrogen-bond donors (Lipinski definition) is 5. The number of carbonyl (C=O) groups excluding carboxylic acids is 4. The Labute approximate surface area is 292 Å². The van der Waals surface area contributed by atoms with Crippen molar-refractivity contribution < 1.29 is 53.7 Å². The van der Waals surface area contributed by atoms with Gasteiger partial charge in [0.2, 0.25) is 12.0 Å². The van der Waals surface area contributed by atoms with Crippen molar-refractivity contribution >= 4 is 75.1 Å². The number of rotatable bonds is 14. The zero-order chi connectivity index (χ0) is 35.6. The molecule has 0 saturated carbocycles. The fourth-order valence-corrected chi connectivity index (χ4v) is 8.47. The number of benzene rings is 1. The Kier molecular flexibility index (Phi) is 10.7. The maximum absolute atomic E-state index is 13.5. The zero-order valence-corrected chi connectivity index (χ0v) is 28.5. The molecule has 0 aliphatic carbocycles. The first-order chi connectivity index (χ1) is 23.2. The van der Waals surface area contributed by atoms with Crippen LogP contribution in [0.15, 0.2) is 34.6 Å². The zero-order valence-electron chi connectivity index (χ0n) is 26.1. The first-order valence-electron chi connectivity index (χ1n) is 15.2. The number of nitrogens with one attached hydrogen (secondary N) is 1. The molecule has 0 spiro atoms. The van der Waals surface area contributed by atoms with Gasteiger partial charge in [0.1, 0.15) is 16.6 Å². The number of amides is 2. The highest BCUT2D eigenvalue weighted by Gasteiger charge is 2.53. The van der Waals surface area contributed by atoms with Crippen LogP contribution in [0.1, 0.15) is 42.2 Å². The van der Waals surface area contributed by atoms with Gasteiger partial charge in [-0.25, -0.2) is 9.78 Å². The number of aromatic hydroxyl groups is 2. The van der Waals surface area contributed by atoms with Gasteiger partial charge in [-0.2, -0.15) is 0 Å². The summed E-state index contributed by atoms with van der Waals surface area (Å²) in [6.07, 6.45) is -0.0281. The second kappa shape index (κ2) is 14.6. The number of nitrogen functional groups attached to an aromatic ring is 1. The predicted molar refractivity (Wildman–Crippen MR) is 176 cm³/mol. The second-order valence-corrected chi connectivity index (χ2v) is 14.7. The van der Waals surface area contributed by atoms with Gasteiger partial charge in [-0.15, -0.1) is 11.8 Å². The highest BCUT2D eigenvalue weighted by molar-refractivity contribution is 8.00. The molecule has 2 amide bonds. The summed E-state index contributed by atoms with van der Waals surface area (Å²) in [6, 6.07) is 3.76. The van der Waals surface area contributed by atoms with Gasteiger partial charge in [-0.1, -0.05) is 28.1 Å². The van der Waals surface area contributed by atoms with Crippen LogP contribution >= 0.6 is 34.7 Å². The Morgan fingerprint density at radius 1 is 1.24 bits per heavy atom. The molecule has 1 aromatic carbocycles. The molecule has 3 aliphatic heterocycles. The van der Waals surface area contributed by atoms with Crippen LogP contribution in [0.4, 0.5) is 5.13 Å². The van der Waals surface area contributed by atoms with Gasteiger partial charge >= 0.3 is 5.97 Å². The van der Waals surface area contributed by atoms with Crippen LogP contribution in [0.5, 0.6) is 11.5 Å². The fourth-order valence-electron chi connectivity index (χ4n) is 6.14. The maximum Gasteiger partial charge on any atom is 0.347 e. The maximum atomic E-state index is 13.5. The Morgan fingerprint density at radius 3 is 2.57 bits per heavy atom. The molecule has 19 heteroatoms. The standard InChI is InChI=1S/C30H33ClN6O10S2/c1-14(28(43)44)47-35-21(22-24(31)49-30(32)34-22)20(40)11-17-26(42)36-23(29(45)46)16(13-48-27(17)36)12-37(7-2-3-8-37)9-6-33-25(41)15-4-5-18(38)19(39)10-15/h4-5,10,14,17,27H,2-3,6-9,11-13H2,1H3,(H6-,32,33,34,35,38,39,40,41,43,44,45,46)/t14-,17+,27+/m0/s1. The molecule has 0 unspecified atom stereocenters. The highest BCUT2D eigenvalue weighted by Crippen LogP contribution is 2.46. The van der Waals surface area contributed by atoms with Crippen molar-refractivity contribution in [2.75, 3.05) is 44.2 Å². The number of ketones is 1. The van der Waals surface area contributed by atoms with Crippen molar-refractivity contribution in [1.29, 1.82) is 0 Å². The number of Topliss-reactive ketones (excluding diaryl/α,β-unsaturated/α-hetero) is 1. The van der Waals surface area contributed by atoms with E-state index in [1.165, 1.54) is 30.8 Å². The number of thiazole rings is 1. The first kappa shape index (κ1) is 35.9. The summed E-state index contributed by atoms with van der Waals surface area (Å²) in [5.41, 5.74) is 5.64. The number of aliphatic carboxylic acids is 2. The molecule has 2 fully saturated rings. The second-order valence-electron chi connectivity index (χ2n) is 11.9. The number of nitrogens with zero attached hydrogens (tertiary/aromatic N) is 4. The van der Waals surface area contributed by atoms with E-state index >= 15 is 0 Å². The molecular formula is C30H33ClN6O10S2. The lowest BCUT2D eigenvalue weighted by atomic mass is 9.89. The van der Waals surface area contributed by atoms with Crippen LogP contribution in [0, 0.1) is 5.92 Å². The molecule has 2 saturated heterocycles. The van der Waals surface area contributed by atoms with Crippen LogP contribution in [0.25, 0.3) is 0 Å². The number of quaternary nitrogens is 1. The Balaban J connectivity index is 1.29. The summed E-state index contributed by atoms with van der Waals surface area (Å²) in [5.74, 6) is -6.03. The lowest BCUT2D eigenvalue weighted by Crippen LogP contribution is -2.64. The van der Waals surface area contributed by atoms with E-state index in [1.807, 2.05) is 0 Å². The largest absolute Gasteiger partial charge is 0.543 e. The van der Waals surface area contributed by atoms with Crippen LogP contribution in [0.2, 0.25) is 4.34 Å². The number of aromatic nitrogens is 1. The van der Waals surface area contributed by atoms with Crippen LogP contribution in [-0.2, 0) is 24.0 Å². The third kappa shape index (κ3) is 7.61. The van der Waals surface area contributed by atoms with Crippen LogP contribution in [-0.4, -0.2) is 115 Å². The van der Waals surface area contributed by atoms with Gasteiger partial charge in [-0.05, 0) is 25.1 Å². The number of likely N-dealkylation sites (tertiary alicyclic amines) is 1. The van der Waals surface area contributed by atoms with Gasteiger partial charge in [-0.3, -0.25) is 19.3 Å². The molecule has 0 radical (unpaired) electrons. The molecule has 6 N–H and O–H groups in total. The smallest absolute Gasteiger partial charge is 0.347 e. The van der Waals surface area contributed by atoms with Crippen molar-refractivity contribution in [3.8, 4) is 11.5 Å². The van der Waals surface area contributed by atoms with Gasteiger partial charge in [0.05, 0.1) is 49.1 Å². The van der Waals surface area contributed by atoms with E-state index in [9.17, 15) is 39.3 Å². The van der Waals surface area contributed by atoms with Gasteiger partial charge in [0, 0.05) is 36.2 Å². The van der Waals surface area contributed by atoms with E-state index in [-0.39, 0.29) is 44.5 Å². The molecular weight excluding hydrogens is 704 g/mol. The number of nitrogens with two attached hydrogens (primary N) is 1. The van der Waals surface area contributed by atoms with Crippen LogP contribution < -0.4 is 16.2 Å². The molecule has 2 aromatic rings. The molecule has 5 rings (SSSR count). The number of β-lactam (4-membered cyclic amide) rings is 1. The number of carboxylic acid groups (broad SMARTS) is 2. The van der Waals surface area contributed by atoms with E-state index in [0.29, 0.717) is 23.1 Å². The Bertz CT molecular complexity index is 1760. The number of carboxylic acids is 2. The molecule has 262 valence electrons. The molecule has 16 nitrogen and oxygen atoms in total.